The molecule has 0 aliphatic heterocycles. The average molecular weight is 201 g/mol. The van der Waals surface area contributed by atoms with Gasteiger partial charge in [-0.3, -0.25) is 9.11 Å². The molecule has 0 aromatic heterocycles. The molecule has 0 atom stereocenters. The van der Waals surface area contributed by atoms with E-state index in [-0.39, 0.29) is 41.6 Å². The Morgan fingerprint density at radius 1 is 1.27 bits per heavy atom. The van der Waals surface area contributed by atoms with Crippen molar-refractivity contribution in [3.8, 4) is 0 Å². The van der Waals surface area contributed by atoms with Crippen molar-refractivity contribution >= 4 is 40.0 Å². The quantitative estimate of drug-likeness (QED) is 0.259. The number of hydrogen-bond acceptors (Lipinski definition) is 4. The van der Waals surface area contributed by atoms with Gasteiger partial charge in [-0.15, -0.1) is 0 Å². The first-order valence-electron chi connectivity index (χ1n) is 1.92. The molecule has 0 aromatic rings. The second-order valence-electron chi connectivity index (χ2n) is 0.960. The Morgan fingerprint density at radius 3 is 1.36 bits per heavy atom. The molecule has 0 radical (unpaired) electrons. The molecule has 68 valence electrons. The summed E-state index contributed by atoms with van der Waals surface area (Å²) in [6, 6.07) is 0. The molecule has 0 aromatic carbocycles. The molecule has 9 heteroatoms. The van der Waals surface area contributed by atoms with Gasteiger partial charge in [0.05, 0.1) is 6.61 Å². The Hall–Kier alpha value is 0.750. The minimum absolute atomic E-state index is 0. The Bertz CT molecular complexity index is 124. The van der Waals surface area contributed by atoms with Gasteiger partial charge in [0.1, 0.15) is 0 Å². The zero-order valence-corrected chi connectivity index (χ0v) is 5.87. The van der Waals surface area contributed by atoms with Crippen LogP contribution >= 0.6 is 0 Å². The number of hydrogen-bond donors (Lipinski definition) is 4. The van der Waals surface area contributed by atoms with Crippen molar-refractivity contribution in [3.63, 3.8) is 0 Å². The monoisotopic (exact) mass is 201 g/mol. The molecule has 0 saturated heterocycles. The van der Waals surface area contributed by atoms with Crippen molar-refractivity contribution in [2.24, 2.45) is 5.73 Å². The van der Waals surface area contributed by atoms with Crippen LogP contribution < -0.4 is 5.73 Å². The van der Waals surface area contributed by atoms with E-state index in [9.17, 15) is 0 Å². The molecule has 0 saturated carbocycles. The van der Waals surface area contributed by atoms with Crippen LogP contribution in [0.1, 0.15) is 0 Å². The summed E-state index contributed by atoms with van der Waals surface area (Å²) >= 11 is 0. The molecule has 7 nitrogen and oxygen atoms in total. The molecule has 11 heavy (non-hydrogen) atoms. The van der Waals surface area contributed by atoms with Gasteiger partial charge in [-0.25, -0.2) is 0 Å². The number of aliphatic hydroxyl groups is 1. The molecule has 0 unspecified atom stereocenters. The van der Waals surface area contributed by atoms with E-state index in [1.165, 1.54) is 0 Å². The van der Waals surface area contributed by atoms with Crippen LogP contribution in [0.25, 0.3) is 0 Å². The second-order valence-corrected chi connectivity index (χ2v) is 1.86. The van der Waals surface area contributed by atoms with Crippen LogP contribution in [-0.4, -0.2) is 70.8 Å². The molecule has 7 N–H and O–H groups in total. The van der Waals surface area contributed by atoms with E-state index >= 15 is 0 Å². The first-order chi connectivity index (χ1) is 3.91. The van der Waals surface area contributed by atoms with Gasteiger partial charge >= 0.3 is 40.0 Å². The SMILES string of the molecule is NCCO.O.O=S(=O)(O)O.[NaH]. The predicted molar refractivity (Wildman–Crippen MR) is 41.1 cm³/mol. The van der Waals surface area contributed by atoms with Crippen LogP contribution in [-0.2, 0) is 10.4 Å². The van der Waals surface area contributed by atoms with Crippen LogP contribution in [0.4, 0.5) is 0 Å². The third-order valence-electron chi connectivity index (χ3n) is 0.129. The van der Waals surface area contributed by atoms with E-state index in [0.29, 0.717) is 6.54 Å². The number of rotatable bonds is 1. The summed E-state index contributed by atoms with van der Waals surface area (Å²) in [5.41, 5.74) is 4.78. The van der Waals surface area contributed by atoms with E-state index in [4.69, 9.17) is 28.4 Å². The van der Waals surface area contributed by atoms with Crippen molar-refractivity contribution in [1.82, 2.24) is 0 Å². The summed E-state index contributed by atoms with van der Waals surface area (Å²) in [7, 11) is -4.67. The van der Waals surface area contributed by atoms with Gasteiger partial charge in [-0.1, -0.05) is 0 Å². The van der Waals surface area contributed by atoms with Crippen molar-refractivity contribution in [2.75, 3.05) is 13.2 Å². The summed E-state index contributed by atoms with van der Waals surface area (Å²) in [6.45, 7) is 0.472. The Balaban J connectivity index is -0.0000000383. The maximum atomic E-state index is 8.74. The van der Waals surface area contributed by atoms with Crippen LogP contribution in [0.3, 0.4) is 0 Å². The standard InChI is InChI=1S/C2H7NO.Na.H2O4S.H2O.H/c3-1-2-4;;1-5(2,3)4;;/h4H,1-3H2;;(H2,1,2,3,4);1H2;. The van der Waals surface area contributed by atoms with E-state index in [1.54, 1.807) is 0 Å². The molecule has 0 spiro atoms. The third-order valence-corrected chi connectivity index (χ3v) is 0.129. The topological polar surface area (TPSA) is 152 Å². The fourth-order valence-electron chi connectivity index (χ4n) is 0. The van der Waals surface area contributed by atoms with Crippen LogP contribution in [0, 0.1) is 0 Å². The van der Waals surface area contributed by atoms with Gasteiger partial charge in [0, 0.05) is 6.54 Å². The van der Waals surface area contributed by atoms with Gasteiger partial charge in [-0.05, 0) is 0 Å². The Labute approximate surface area is 86.8 Å². The first kappa shape index (κ1) is 22.6. The van der Waals surface area contributed by atoms with E-state index < -0.39 is 10.4 Å². The van der Waals surface area contributed by atoms with Gasteiger partial charge in [-0.2, -0.15) is 8.42 Å². The maximum absolute atomic E-state index is 8.74. The summed E-state index contributed by atoms with van der Waals surface area (Å²) < 4.78 is 31.6. The average Bonchev–Trinajstić information content (AvgIpc) is 1.61. The van der Waals surface area contributed by atoms with E-state index in [1.807, 2.05) is 0 Å². The van der Waals surface area contributed by atoms with Crippen molar-refractivity contribution in [2.45, 2.75) is 0 Å². The molecular formula is C2H12NNaO6S. The van der Waals surface area contributed by atoms with Gasteiger partial charge < -0.3 is 16.3 Å². The van der Waals surface area contributed by atoms with Crippen LogP contribution in [0.5, 0.6) is 0 Å². The normalized spacial score (nSPS) is 8.00. The summed E-state index contributed by atoms with van der Waals surface area (Å²) in [5, 5.41) is 7.75. The molecular weight excluding hydrogens is 189 g/mol. The van der Waals surface area contributed by atoms with Crippen LogP contribution in [0.15, 0.2) is 0 Å². The zero-order chi connectivity index (χ0) is 7.91. The van der Waals surface area contributed by atoms with Crippen molar-refractivity contribution < 1.29 is 28.1 Å². The number of nitrogens with two attached hydrogens (primary N) is 1. The summed E-state index contributed by atoms with van der Waals surface area (Å²) in [4.78, 5) is 0. The minimum atomic E-state index is -4.67. The predicted octanol–water partition coefficient (Wildman–Crippen LogP) is -3.19. The Kier molecular flexibility index (Phi) is 27.4. The van der Waals surface area contributed by atoms with E-state index in [2.05, 4.69) is 0 Å². The molecule has 0 fully saturated rings. The summed E-state index contributed by atoms with van der Waals surface area (Å²) in [6.07, 6.45) is 0. The van der Waals surface area contributed by atoms with Gasteiger partial charge in [0.2, 0.25) is 0 Å². The van der Waals surface area contributed by atoms with Gasteiger partial charge in [0.25, 0.3) is 0 Å². The molecule has 0 bridgehead atoms. The van der Waals surface area contributed by atoms with Crippen molar-refractivity contribution in [3.05, 3.63) is 0 Å². The zero-order valence-electron chi connectivity index (χ0n) is 5.06. The molecule has 0 rings (SSSR count). The number of aliphatic hydroxyl groups excluding tert-OH is 1. The van der Waals surface area contributed by atoms with Gasteiger partial charge in [0.15, 0.2) is 0 Å². The molecule has 0 amide bonds. The van der Waals surface area contributed by atoms with Crippen LogP contribution in [0.2, 0.25) is 0 Å². The first-order valence-corrected chi connectivity index (χ1v) is 3.32. The molecule has 0 heterocycles. The fourth-order valence-corrected chi connectivity index (χ4v) is 0. The second kappa shape index (κ2) is 13.3. The molecule has 0 aliphatic carbocycles. The van der Waals surface area contributed by atoms with Crippen molar-refractivity contribution in [1.29, 1.82) is 0 Å². The Morgan fingerprint density at radius 2 is 1.36 bits per heavy atom. The third kappa shape index (κ3) is 269. The molecule has 0 aliphatic rings. The summed E-state index contributed by atoms with van der Waals surface area (Å²) in [5.74, 6) is 0. The van der Waals surface area contributed by atoms with E-state index in [0.717, 1.165) is 0 Å². The fraction of sp³-hybridized carbons (Fsp3) is 1.00.